The molecule has 1 aromatic carbocycles. The number of carboxylic acid groups (broad SMARTS) is 1. The molecular weight excluding hydrogens is 266 g/mol. The van der Waals surface area contributed by atoms with Gasteiger partial charge in [-0.2, -0.15) is 0 Å². The van der Waals surface area contributed by atoms with Gasteiger partial charge in [0.25, 0.3) is 0 Å². The van der Waals surface area contributed by atoms with E-state index < -0.39 is 5.97 Å². The topological polar surface area (TPSA) is 75.1 Å². The number of carboxylic acids is 1. The maximum atomic E-state index is 10.8. The van der Waals surface area contributed by atoms with Crippen molar-refractivity contribution < 1.29 is 9.90 Å². The molecule has 104 valence electrons. The highest BCUT2D eigenvalue weighted by Gasteiger charge is 2.06. The molecule has 5 heteroatoms. The molecule has 2 aromatic heterocycles. The molecular formula is C16H13N3O2. The van der Waals surface area contributed by atoms with E-state index in [9.17, 15) is 4.79 Å². The quantitative estimate of drug-likeness (QED) is 0.768. The summed E-state index contributed by atoms with van der Waals surface area (Å²) in [6.07, 6.45) is 3.22. The molecule has 0 spiro atoms. The second-order valence-electron chi connectivity index (χ2n) is 4.75. The lowest BCUT2D eigenvalue weighted by Crippen LogP contribution is -2.01. The Kier molecular flexibility index (Phi) is 3.23. The fourth-order valence-corrected chi connectivity index (χ4v) is 2.11. The van der Waals surface area contributed by atoms with Gasteiger partial charge in [0.15, 0.2) is 0 Å². The van der Waals surface area contributed by atoms with Crippen LogP contribution >= 0.6 is 0 Å². The van der Waals surface area contributed by atoms with E-state index in [2.05, 4.69) is 27.4 Å². The summed E-state index contributed by atoms with van der Waals surface area (Å²) in [5.41, 5.74) is 1.86. The van der Waals surface area contributed by atoms with Crippen molar-refractivity contribution >= 4 is 28.2 Å². The minimum Gasteiger partial charge on any atom is -0.477 e. The first-order chi connectivity index (χ1) is 10.1. The van der Waals surface area contributed by atoms with Gasteiger partial charge in [0.05, 0.1) is 11.9 Å². The Morgan fingerprint density at radius 1 is 1.14 bits per heavy atom. The molecule has 0 aliphatic rings. The lowest BCUT2D eigenvalue weighted by molar-refractivity contribution is 0.0690. The number of nitrogens with one attached hydrogen (secondary N) is 1. The number of aromatic nitrogens is 2. The first kappa shape index (κ1) is 13.1. The van der Waals surface area contributed by atoms with Crippen molar-refractivity contribution in [1.29, 1.82) is 0 Å². The Hall–Kier alpha value is -2.95. The van der Waals surface area contributed by atoms with E-state index >= 15 is 0 Å². The van der Waals surface area contributed by atoms with Crippen LogP contribution in [0.3, 0.4) is 0 Å². The number of benzene rings is 1. The van der Waals surface area contributed by atoms with Gasteiger partial charge < -0.3 is 10.4 Å². The number of carbonyl (C=O) groups is 1. The lowest BCUT2D eigenvalue weighted by atomic mass is 10.1. The third-order valence-corrected chi connectivity index (χ3v) is 3.17. The van der Waals surface area contributed by atoms with Gasteiger partial charge in [-0.15, -0.1) is 0 Å². The third-order valence-electron chi connectivity index (χ3n) is 3.17. The van der Waals surface area contributed by atoms with Crippen molar-refractivity contribution in [3.63, 3.8) is 0 Å². The predicted molar refractivity (Wildman–Crippen MR) is 81.0 cm³/mol. The summed E-state index contributed by atoms with van der Waals surface area (Å²) in [5.74, 6) is -0.318. The Balaban J connectivity index is 1.97. The zero-order valence-corrected chi connectivity index (χ0v) is 11.4. The minimum absolute atomic E-state index is 0.0160. The Labute approximate surface area is 121 Å². The summed E-state index contributed by atoms with van der Waals surface area (Å²) in [6, 6.07) is 11.2. The first-order valence-electron chi connectivity index (χ1n) is 6.45. The third kappa shape index (κ3) is 2.67. The second kappa shape index (κ2) is 5.20. The first-order valence-corrected chi connectivity index (χ1v) is 6.45. The van der Waals surface area contributed by atoms with Crippen LogP contribution in [0.4, 0.5) is 11.5 Å². The number of nitrogens with zero attached hydrogens (tertiary/aromatic N) is 2. The number of aromatic carboxylic acids is 1. The molecule has 0 atom stereocenters. The van der Waals surface area contributed by atoms with Gasteiger partial charge in [0.2, 0.25) is 0 Å². The maximum Gasteiger partial charge on any atom is 0.354 e. The molecule has 21 heavy (non-hydrogen) atoms. The van der Waals surface area contributed by atoms with Gasteiger partial charge in [-0.05, 0) is 36.6 Å². The fraction of sp³-hybridized carbons (Fsp3) is 0.0625. The number of hydrogen-bond donors (Lipinski definition) is 2. The van der Waals surface area contributed by atoms with E-state index in [0.717, 1.165) is 22.2 Å². The van der Waals surface area contributed by atoms with Crippen LogP contribution in [0, 0.1) is 6.92 Å². The van der Waals surface area contributed by atoms with Crippen molar-refractivity contribution in [2.45, 2.75) is 6.92 Å². The molecule has 0 unspecified atom stereocenters. The summed E-state index contributed by atoms with van der Waals surface area (Å²) >= 11 is 0. The molecule has 0 aliphatic carbocycles. The summed E-state index contributed by atoms with van der Waals surface area (Å²) in [5, 5.41) is 14.1. The van der Waals surface area contributed by atoms with Crippen molar-refractivity contribution in [2.75, 3.05) is 5.32 Å². The van der Waals surface area contributed by atoms with Gasteiger partial charge in [0, 0.05) is 11.6 Å². The molecule has 0 aliphatic heterocycles. The van der Waals surface area contributed by atoms with Crippen molar-refractivity contribution in [1.82, 2.24) is 9.97 Å². The van der Waals surface area contributed by atoms with Crippen LogP contribution < -0.4 is 5.32 Å². The number of rotatable bonds is 3. The predicted octanol–water partition coefficient (Wildman–Crippen LogP) is 3.38. The number of hydrogen-bond acceptors (Lipinski definition) is 4. The van der Waals surface area contributed by atoms with E-state index in [1.807, 2.05) is 19.1 Å². The zero-order chi connectivity index (χ0) is 14.8. The average Bonchev–Trinajstić information content (AvgIpc) is 2.48. The van der Waals surface area contributed by atoms with E-state index in [1.54, 1.807) is 12.3 Å². The molecule has 3 aromatic rings. The van der Waals surface area contributed by atoms with Crippen LogP contribution in [0.2, 0.25) is 0 Å². The zero-order valence-electron chi connectivity index (χ0n) is 11.4. The van der Waals surface area contributed by atoms with Crippen LogP contribution in [-0.2, 0) is 0 Å². The summed E-state index contributed by atoms with van der Waals surface area (Å²) in [7, 11) is 0. The molecule has 0 bridgehead atoms. The standard InChI is InChI=1S/C16H13N3O2/c1-10-2-3-11-6-7-17-15(13(11)8-10)19-12-4-5-14(16(20)21)18-9-12/h2-9H,1H3,(H,17,19)(H,20,21). The van der Waals surface area contributed by atoms with E-state index in [4.69, 9.17) is 5.11 Å². The maximum absolute atomic E-state index is 10.8. The molecule has 0 saturated heterocycles. The highest BCUT2D eigenvalue weighted by molar-refractivity contribution is 5.93. The van der Waals surface area contributed by atoms with Gasteiger partial charge in [-0.25, -0.2) is 14.8 Å². The fourth-order valence-electron chi connectivity index (χ4n) is 2.11. The average molecular weight is 279 g/mol. The molecule has 0 radical (unpaired) electrons. The van der Waals surface area contributed by atoms with Crippen LogP contribution in [-0.4, -0.2) is 21.0 Å². The van der Waals surface area contributed by atoms with Gasteiger partial charge in [0.1, 0.15) is 11.5 Å². The minimum atomic E-state index is -1.04. The molecule has 0 saturated carbocycles. The Morgan fingerprint density at radius 3 is 2.71 bits per heavy atom. The van der Waals surface area contributed by atoms with Gasteiger partial charge in [-0.3, -0.25) is 0 Å². The molecule has 3 rings (SSSR count). The summed E-state index contributed by atoms with van der Waals surface area (Å²) < 4.78 is 0. The van der Waals surface area contributed by atoms with Crippen molar-refractivity contribution in [3.05, 3.63) is 60.0 Å². The molecule has 0 fully saturated rings. The molecule has 5 nitrogen and oxygen atoms in total. The number of anilines is 2. The molecule has 2 heterocycles. The summed E-state index contributed by atoms with van der Waals surface area (Å²) in [6.45, 7) is 2.03. The van der Waals surface area contributed by atoms with Crippen LogP contribution in [0.25, 0.3) is 10.8 Å². The van der Waals surface area contributed by atoms with Crippen molar-refractivity contribution in [3.8, 4) is 0 Å². The SMILES string of the molecule is Cc1ccc2ccnc(Nc3ccc(C(=O)O)nc3)c2c1. The van der Waals surface area contributed by atoms with E-state index in [0.29, 0.717) is 5.69 Å². The van der Waals surface area contributed by atoms with Crippen LogP contribution in [0.15, 0.2) is 48.8 Å². The normalized spacial score (nSPS) is 10.5. The van der Waals surface area contributed by atoms with E-state index in [-0.39, 0.29) is 5.69 Å². The van der Waals surface area contributed by atoms with Gasteiger partial charge in [-0.1, -0.05) is 17.7 Å². The number of fused-ring (bicyclic) bond motifs is 1. The monoisotopic (exact) mass is 279 g/mol. The Morgan fingerprint density at radius 2 is 2.00 bits per heavy atom. The van der Waals surface area contributed by atoms with E-state index in [1.165, 1.54) is 12.3 Å². The second-order valence-corrected chi connectivity index (χ2v) is 4.75. The summed E-state index contributed by atoms with van der Waals surface area (Å²) in [4.78, 5) is 19.0. The largest absolute Gasteiger partial charge is 0.477 e. The molecule has 0 amide bonds. The van der Waals surface area contributed by atoms with Crippen molar-refractivity contribution in [2.24, 2.45) is 0 Å². The van der Waals surface area contributed by atoms with Crippen LogP contribution in [0.1, 0.15) is 16.1 Å². The smallest absolute Gasteiger partial charge is 0.354 e. The number of aryl methyl sites for hydroxylation is 1. The number of pyridine rings is 2. The lowest BCUT2D eigenvalue weighted by Gasteiger charge is -2.09. The Bertz CT molecular complexity index is 813. The molecule has 2 N–H and O–H groups in total. The van der Waals surface area contributed by atoms with Gasteiger partial charge >= 0.3 is 5.97 Å². The highest BCUT2D eigenvalue weighted by Crippen LogP contribution is 2.24. The van der Waals surface area contributed by atoms with Crippen LogP contribution in [0.5, 0.6) is 0 Å². The highest BCUT2D eigenvalue weighted by atomic mass is 16.4.